The Morgan fingerprint density at radius 2 is 1.51 bits per heavy atom. The summed E-state index contributed by atoms with van der Waals surface area (Å²) in [6.45, 7) is 3.99. The summed E-state index contributed by atoms with van der Waals surface area (Å²) < 4.78 is 24.2. The van der Waals surface area contributed by atoms with Gasteiger partial charge in [-0.1, -0.05) is 19.1 Å². The summed E-state index contributed by atoms with van der Waals surface area (Å²) in [5, 5.41) is 8.89. The average Bonchev–Trinajstić information content (AvgIpc) is 2.90. The van der Waals surface area contributed by atoms with E-state index in [-0.39, 0.29) is 18.2 Å². The van der Waals surface area contributed by atoms with Crippen molar-refractivity contribution in [2.24, 2.45) is 5.10 Å². The van der Waals surface area contributed by atoms with E-state index in [1.165, 1.54) is 23.9 Å². The van der Waals surface area contributed by atoms with E-state index >= 15 is 0 Å². The lowest BCUT2D eigenvalue weighted by Gasteiger charge is -2.13. The van der Waals surface area contributed by atoms with Crippen molar-refractivity contribution >= 4 is 35.3 Å². The molecule has 0 radical (unpaired) electrons. The van der Waals surface area contributed by atoms with Gasteiger partial charge in [-0.25, -0.2) is 9.82 Å². The molecule has 0 fully saturated rings. The van der Waals surface area contributed by atoms with E-state index in [0.717, 1.165) is 18.6 Å². The third-order valence-corrected chi connectivity index (χ3v) is 4.96. The lowest BCUT2D eigenvalue weighted by atomic mass is 10.1. The fraction of sp³-hybridized carbons (Fsp3) is 0.185. The molecular weight excluding hydrogens is 479 g/mol. The van der Waals surface area contributed by atoms with Crippen molar-refractivity contribution in [2.75, 3.05) is 23.8 Å². The second-order valence-electron chi connectivity index (χ2n) is 7.69. The number of nitrogens with one attached hydrogen (secondary N) is 3. The number of amides is 3. The summed E-state index contributed by atoms with van der Waals surface area (Å²) in [6.07, 6.45) is 2.24. The molecule has 0 unspecified atom stereocenters. The first-order valence-electron chi connectivity index (χ1n) is 11.6. The summed E-state index contributed by atoms with van der Waals surface area (Å²) in [6, 6.07) is 17.4. The number of benzene rings is 3. The first-order chi connectivity index (χ1) is 17.9. The molecule has 3 aromatic rings. The van der Waals surface area contributed by atoms with E-state index in [1.807, 2.05) is 24.3 Å². The zero-order valence-corrected chi connectivity index (χ0v) is 20.4. The number of rotatable bonds is 10. The Balaban J connectivity index is 1.54. The number of hydrazone groups is 1. The summed E-state index contributed by atoms with van der Waals surface area (Å²) >= 11 is 0. The maximum Gasteiger partial charge on any atom is 0.329 e. The minimum Gasteiger partial charge on any atom is -0.490 e. The Hall–Kier alpha value is -4.73. The molecule has 0 bridgehead atoms. The highest BCUT2D eigenvalue weighted by Gasteiger charge is 2.13. The van der Waals surface area contributed by atoms with Gasteiger partial charge in [0.2, 0.25) is 0 Å². The van der Waals surface area contributed by atoms with Crippen LogP contribution in [0, 0.1) is 5.82 Å². The molecule has 0 saturated carbocycles. The van der Waals surface area contributed by atoms with E-state index in [4.69, 9.17) is 9.47 Å². The molecule has 37 heavy (non-hydrogen) atoms. The van der Waals surface area contributed by atoms with Crippen molar-refractivity contribution in [3.05, 3.63) is 83.7 Å². The number of hydrogen-bond acceptors (Lipinski definition) is 6. The van der Waals surface area contributed by atoms with E-state index in [0.29, 0.717) is 29.4 Å². The SMILES string of the molecule is CCOc1cc(/C=N\NC(=O)C(=O)Nc2ccc(F)cc2)ccc1OCC(=O)Nc1ccc(CC)cc1. The molecule has 0 spiro atoms. The van der Waals surface area contributed by atoms with Gasteiger partial charge in [0, 0.05) is 11.4 Å². The zero-order valence-electron chi connectivity index (χ0n) is 20.4. The van der Waals surface area contributed by atoms with Crippen molar-refractivity contribution in [1.29, 1.82) is 0 Å². The number of carbonyl (C=O) groups excluding carboxylic acids is 3. The van der Waals surface area contributed by atoms with Gasteiger partial charge >= 0.3 is 11.8 Å². The summed E-state index contributed by atoms with van der Waals surface area (Å²) in [5.41, 5.74) is 4.79. The van der Waals surface area contributed by atoms with Gasteiger partial charge in [-0.2, -0.15) is 5.10 Å². The smallest absolute Gasteiger partial charge is 0.329 e. The van der Waals surface area contributed by atoms with Gasteiger partial charge in [0.25, 0.3) is 5.91 Å². The molecule has 3 aromatic carbocycles. The monoisotopic (exact) mass is 506 g/mol. The van der Waals surface area contributed by atoms with Gasteiger partial charge in [-0.05, 0) is 79.1 Å². The number of nitrogens with zero attached hydrogens (tertiary/aromatic N) is 1. The van der Waals surface area contributed by atoms with Crippen molar-refractivity contribution in [3.8, 4) is 11.5 Å². The van der Waals surface area contributed by atoms with Crippen LogP contribution in [0.25, 0.3) is 0 Å². The number of anilines is 2. The molecule has 0 saturated heterocycles. The lowest BCUT2D eigenvalue weighted by Crippen LogP contribution is -2.32. The highest BCUT2D eigenvalue weighted by molar-refractivity contribution is 6.39. The Labute approximate surface area is 213 Å². The molecule has 192 valence electrons. The van der Waals surface area contributed by atoms with Gasteiger partial charge in [-0.15, -0.1) is 0 Å². The zero-order chi connectivity index (χ0) is 26.6. The highest BCUT2D eigenvalue weighted by atomic mass is 19.1. The molecule has 9 nitrogen and oxygen atoms in total. The lowest BCUT2D eigenvalue weighted by molar-refractivity contribution is -0.136. The Kier molecular flexibility index (Phi) is 9.72. The van der Waals surface area contributed by atoms with Crippen molar-refractivity contribution in [3.63, 3.8) is 0 Å². The molecule has 3 amide bonds. The molecule has 3 N–H and O–H groups in total. The fourth-order valence-electron chi connectivity index (χ4n) is 3.09. The van der Waals surface area contributed by atoms with Crippen LogP contribution in [0.4, 0.5) is 15.8 Å². The summed E-state index contributed by atoms with van der Waals surface area (Å²) in [5.74, 6) is -2.00. The van der Waals surface area contributed by atoms with Crippen LogP contribution >= 0.6 is 0 Å². The molecule has 0 aliphatic rings. The van der Waals surface area contributed by atoms with Crippen LogP contribution in [0.1, 0.15) is 25.0 Å². The maximum absolute atomic E-state index is 12.9. The van der Waals surface area contributed by atoms with Crippen LogP contribution < -0.4 is 25.5 Å². The molecule has 0 aliphatic heterocycles. The minimum absolute atomic E-state index is 0.220. The van der Waals surface area contributed by atoms with Crippen LogP contribution in [0.5, 0.6) is 11.5 Å². The van der Waals surface area contributed by atoms with E-state index in [1.54, 1.807) is 25.1 Å². The Bertz CT molecular complexity index is 1260. The van der Waals surface area contributed by atoms with Gasteiger partial charge in [0.1, 0.15) is 5.82 Å². The van der Waals surface area contributed by atoms with Crippen molar-refractivity contribution < 1.29 is 28.2 Å². The number of aryl methyl sites for hydroxylation is 1. The summed E-state index contributed by atoms with van der Waals surface area (Å²) in [4.78, 5) is 36.2. The first-order valence-corrected chi connectivity index (χ1v) is 11.6. The molecule has 0 heterocycles. The van der Waals surface area contributed by atoms with Gasteiger partial charge in [0.15, 0.2) is 18.1 Å². The van der Waals surface area contributed by atoms with E-state index < -0.39 is 17.6 Å². The maximum atomic E-state index is 12.9. The number of halogens is 1. The predicted molar refractivity (Wildman–Crippen MR) is 138 cm³/mol. The standard InChI is InChI=1S/C27H27FN4O5/c1-3-18-5-10-21(11-6-18)30-25(33)17-37-23-14-7-19(15-24(23)36-4-2)16-29-32-27(35)26(34)31-22-12-8-20(28)9-13-22/h5-16H,3-4,17H2,1-2H3,(H,30,33)(H,31,34)(H,32,35)/b29-16-. The molecule has 10 heteroatoms. The third kappa shape index (κ3) is 8.46. The third-order valence-electron chi connectivity index (χ3n) is 4.96. The molecule has 3 rings (SSSR count). The minimum atomic E-state index is -0.999. The van der Waals surface area contributed by atoms with Crippen LogP contribution in [-0.2, 0) is 20.8 Å². The summed E-state index contributed by atoms with van der Waals surface area (Å²) in [7, 11) is 0. The quantitative estimate of drug-likeness (QED) is 0.219. The van der Waals surface area contributed by atoms with Crippen molar-refractivity contribution in [1.82, 2.24) is 5.43 Å². The van der Waals surface area contributed by atoms with Crippen molar-refractivity contribution in [2.45, 2.75) is 20.3 Å². The molecule has 0 aromatic heterocycles. The number of hydrogen-bond donors (Lipinski definition) is 3. The van der Waals surface area contributed by atoms with Crippen LogP contribution in [0.2, 0.25) is 0 Å². The normalized spacial score (nSPS) is 10.6. The number of ether oxygens (including phenoxy) is 2. The van der Waals surface area contributed by atoms with E-state index in [9.17, 15) is 18.8 Å². The van der Waals surface area contributed by atoms with Gasteiger partial charge in [0.05, 0.1) is 12.8 Å². The second kappa shape index (κ2) is 13.4. The fourth-order valence-corrected chi connectivity index (χ4v) is 3.09. The van der Waals surface area contributed by atoms with Crippen LogP contribution in [-0.4, -0.2) is 37.1 Å². The topological polar surface area (TPSA) is 118 Å². The van der Waals surface area contributed by atoms with Crippen LogP contribution in [0.3, 0.4) is 0 Å². The average molecular weight is 507 g/mol. The Morgan fingerprint density at radius 3 is 2.19 bits per heavy atom. The predicted octanol–water partition coefficient (Wildman–Crippen LogP) is 3.89. The highest BCUT2D eigenvalue weighted by Crippen LogP contribution is 2.28. The van der Waals surface area contributed by atoms with Gasteiger partial charge < -0.3 is 20.1 Å². The second-order valence-corrected chi connectivity index (χ2v) is 7.69. The van der Waals surface area contributed by atoms with Gasteiger partial charge in [-0.3, -0.25) is 14.4 Å². The molecule has 0 aliphatic carbocycles. The molecule has 0 atom stereocenters. The van der Waals surface area contributed by atoms with Crippen LogP contribution in [0.15, 0.2) is 71.8 Å². The first kappa shape index (κ1) is 26.9. The molecular formula is C27H27FN4O5. The van der Waals surface area contributed by atoms with E-state index in [2.05, 4.69) is 28.1 Å². The Morgan fingerprint density at radius 1 is 0.838 bits per heavy atom. The number of carbonyl (C=O) groups is 3. The largest absolute Gasteiger partial charge is 0.490 e.